The van der Waals surface area contributed by atoms with E-state index in [9.17, 15) is 9.59 Å². The third-order valence-electron chi connectivity index (χ3n) is 1.83. The van der Waals surface area contributed by atoms with E-state index in [1.54, 1.807) is 6.92 Å². The summed E-state index contributed by atoms with van der Waals surface area (Å²) < 4.78 is 4.72. The highest BCUT2D eigenvalue weighted by Gasteiger charge is 2.14. The lowest BCUT2D eigenvalue weighted by atomic mass is 10.1. The van der Waals surface area contributed by atoms with E-state index < -0.39 is 12.0 Å². The van der Waals surface area contributed by atoms with E-state index in [4.69, 9.17) is 15.6 Å². The van der Waals surface area contributed by atoms with Crippen molar-refractivity contribution in [2.24, 2.45) is 11.7 Å². The number of carbonyl (C=O) groups is 2. The van der Waals surface area contributed by atoms with Crippen LogP contribution < -0.4 is 11.1 Å². The van der Waals surface area contributed by atoms with Crippen molar-refractivity contribution in [3.05, 3.63) is 0 Å². The van der Waals surface area contributed by atoms with Crippen LogP contribution in [0, 0.1) is 5.92 Å². The zero-order valence-corrected chi connectivity index (χ0v) is 9.03. The molecule has 0 fully saturated rings. The fraction of sp³-hybridized carbons (Fsp3) is 0.778. The Labute approximate surface area is 88.8 Å². The van der Waals surface area contributed by atoms with Gasteiger partial charge in [0.05, 0.1) is 6.61 Å². The van der Waals surface area contributed by atoms with Gasteiger partial charge in [0, 0.05) is 20.1 Å². The van der Waals surface area contributed by atoms with E-state index >= 15 is 0 Å². The van der Waals surface area contributed by atoms with Crippen molar-refractivity contribution < 1.29 is 19.4 Å². The van der Waals surface area contributed by atoms with Crippen molar-refractivity contribution in [1.82, 2.24) is 5.32 Å². The van der Waals surface area contributed by atoms with Gasteiger partial charge in [0.15, 0.2) is 0 Å². The molecule has 88 valence electrons. The van der Waals surface area contributed by atoms with Crippen LogP contribution in [0.3, 0.4) is 0 Å². The summed E-state index contributed by atoms with van der Waals surface area (Å²) in [6, 6.07) is -0.702. The monoisotopic (exact) mass is 218 g/mol. The average molecular weight is 218 g/mol. The first kappa shape index (κ1) is 13.9. The first-order chi connectivity index (χ1) is 6.97. The van der Waals surface area contributed by atoms with E-state index in [2.05, 4.69) is 5.32 Å². The predicted molar refractivity (Wildman–Crippen MR) is 54.3 cm³/mol. The Morgan fingerprint density at radius 3 is 2.60 bits per heavy atom. The van der Waals surface area contributed by atoms with Gasteiger partial charge in [0.25, 0.3) is 0 Å². The molecule has 0 heterocycles. The number of rotatable bonds is 7. The number of hydrogen-bond donors (Lipinski definition) is 3. The molecule has 2 atom stereocenters. The molecule has 0 radical (unpaired) electrons. The van der Waals surface area contributed by atoms with Gasteiger partial charge in [-0.3, -0.25) is 9.59 Å². The molecule has 0 saturated carbocycles. The molecule has 0 aromatic rings. The number of aliphatic carboxylic acids is 1. The van der Waals surface area contributed by atoms with Crippen molar-refractivity contribution in [1.29, 1.82) is 0 Å². The molecule has 6 nitrogen and oxygen atoms in total. The molecule has 0 aromatic carbocycles. The van der Waals surface area contributed by atoms with Crippen LogP contribution in [-0.2, 0) is 14.3 Å². The highest BCUT2D eigenvalue weighted by molar-refractivity contribution is 5.81. The second-order valence-electron chi connectivity index (χ2n) is 3.51. The first-order valence-electron chi connectivity index (χ1n) is 4.71. The maximum absolute atomic E-state index is 11.3. The molecule has 0 spiro atoms. The quantitative estimate of drug-likeness (QED) is 0.518. The van der Waals surface area contributed by atoms with E-state index in [-0.39, 0.29) is 24.9 Å². The third-order valence-corrected chi connectivity index (χ3v) is 1.83. The summed E-state index contributed by atoms with van der Waals surface area (Å²) in [7, 11) is 1.46. The number of ether oxygens (including phenoxy) is 1. The average Bonchev–Trinajstić information content (AvgIpc) is 2.13. The van der Waals surface area contributed by atoms with Gasteiger partial charge in [0.1, 0.15) is 6.04 Å². The van der Waals surface area contributed by atoms with Crippen LogP contribution in [0.2, 0.25) is 0 Å². The van der Waals surface area contributed by atoms with E-state index in [1.807, 2.05) is 0 Å². The molecule has 6 heteroatoms. The molecule has 0 aromatic heterocycles. The fourth-order valence-corrected chi connectivity index (χ4v) is 1.03. The van der Waals surface area contributed by atoms with Crippen molar-refractivity contribution in [2.75, 3.05) is 20.3 Å². The summed E-state index contributed by atoms with van der Waals surface area (Å²) in [5.41, 5.74) is 5.46. The Kier molecular flexibility index (Phi) is 6.64. The maximum atomic E-state index is 11.3. The predicted octanol–water partition coefficient (Wildman–Crippen LogP) is -0.813. The molecular weight excluding hydrogens is 200 g/mol. The van der Waals surface area contributed by atoms with Gasteiger partial charge >= 0.3 is 5.97 Å². The van der Waals surface area contributed by atoms with Gasteiger partial charge in [-0.05, 0) is 5.92 Å². The molecule has 0 saturated heterocycles. The van der Waals surface area contributed by atoms with Crippen LogP contribution in [0.5, 0.6) is 0 Å². The molecule has 2 unspecified atom stereocenters. The van der Waals surface area contributed by atoms with Gasteiger partial charge in [-0.2, -0.15) is 0 Å². The minimum Gasteiger partial charge on any atom is -0.481 e. The van der Waals surface area contributed by atoms with Crippen LogP contribution >= 0.6 is 0 Å². The SMILES string of the molecule is COCC(N)C(=O)NCC(C)CC(=O)O. The van der Waals surface area contributed by atoms with Crippen molar-refractivity contribution in [3.63, 3.8) is 0 Å². The second kappa shape index (κ2) is 7.19. The number of carboxylic acids is 1. The van der Waals surface area contributed by atoms with Crippen LogP contribution in [0.25, 0.3) is 0 Å². The lowest BCUT2D eigenvalue weighted by Crippen LogP contribution is -2.44. The Morgan fingerprint density at radius 1 is 1.53 bits per heavy atom. The molecule has 1 amide bonds. The van der Waals surface area contributed by atoms with Crippen molar-refractivity contribution >= 4 is 11.9 Å². The third kappa shape index (κ3) is 6.87. The van der Waals surface area contributed by atoms with Gasteiger partial charge in [0.2, 0.25) is 5.91 Å². The fourth-order valence-electron chi connectivity index (χ4n) is 1.03. The van der Waals surface area contributed by atoms with E-state index in [1.165, 1.54) is 7.11 Å². The molecule has 4 N–H and O–H groups in total. The molecule has 0 rings (SSSR count). The minimum absolute atomic E-state index is 0.0276. The van der Waals surface area contributed by atoms with Crippen molar-refractivity contribution in [2.45, 2.75) is 19.4 Å². The summed E-state index contributed by atoms with van der Waals surface area (Å²) in [4.78, 5) is 21.6. The lowest BCUT2D eigenvalue weighted by Gasteiger charge is -2.13. The van der Waals surface area contributed by atoms with Gasteiger partial charge < -0.3 is 20.9 Å². The number of nitrogens with one attached hydrogen (secondary N) is 1. The first-order valence-corrected chi connectivity index (χ1v) is 4.71. The van der Waals surface area contributed by atoms with Gasteiger partial charge in [-0.1, -0.05) is 6.92 Å². The molecular formula is C9H18N2O4. The Balaban J connectivity index is 3.74. The molecule has 0 aliphatic rings. The summed E-state index contributed by atoms with van der Waals surface area (Å²) in [5.74, 6) is -1.31. The van der Waals surface area contributed by atoms with Crippen molar-refractivity contribution in [3.8, 4) is 0 Å². The number of nitrogens with two attached hydrogens (primary N) is 1. The van der Waals surface area contributed by atoms with E-state index in [0.717, 1.165) is 0 Å². The number of amides is 1. The second-order valence-corrected chi connectivity index (χ2v) is 3.51. The largest absolute Gasteiger partial charge is 0.481 e. The summed E-state index contributed by atoms with van der Waals surface area (Å²) in [5, 5.41) is 11.1. The Bertz CT molecular complexity index is 220. The lowest BCUT2D eigenvalue weighted by molar-refractivity contribution is -0.138. The number of hydrogen-bond acceptors (Lipinski definition) is 4. The summed E-state index contributed by atoms with van der Waals surface area (Å²) in [6.45, 7) is 2.21. The van der Waals surface area contributed by atoms with E-state index in [0.29, 0.717) is 6.54 Å². The smallest absolute Gasteiger partial charge is 0.303 e. The highest BCUT2D eigenvalue weighted by Crippen LogP contribution is 1.99. The topological polar surface area (TPSA) is 102 Å². The molecule has 0 aliphatic carbocycles. The van der Waals surface area contributed by atoms with Gasteiger partial charge in [-0.25, -0.2) is 0 Å². The molecule has 0 aliphatic heterocycles. The standard InChI is InChI=1S/C9H18N2O4/c1-6(3-8(12)13)4-11-9(14)7(10)5-15-2/h6-7H,3-5,10H2,1-2H3,(H,11,14)(H,12,13). The Morgan fingerprint density at radius 2 is 2.13 bits per heavy atom. The minimum atomic E-state index is -0.877. The molecule has 0 bridgehead atoms. The normalized spacial score (nSPS) is 14.3. The summed E-state index contributed by atoms with van der Waals surface area (Å²) in [6.07, 6.45) is 0.0276. The number of methoxy groups -OCH3 is 1. The highest BCUT2D eigenvalue weighted by atomic mass is 16.5. The molecule has 15 heavy (non-hydrogen) atoms. The van der Waals surface area contributed by atoms with Crippen LogP contribution in [0.4, 0.5) is 0 Å². The van der Waals surface area contributed by atoms with Gasteiger partial charge in [-0.15, -0.1) is 0 Å². The Hall–Kier alpha value is -1.14. The zero-order chi connectivity index (χ0) is 11.8. The van der Waals surface area contributed by atoms with Crippen LogP contribution in [0.15, 0.2) is 0 Å². The van der Waals surface area contributed by atoms with Crippen LogP contribution in [0.1, 0.15) is 13.3 Å². The number of carbonyl (C=O) groups excluding carboxylic acids is 1. The number of carboxylic acid groups (broad SMARTS) is 1. The zero-order valence-electron chi connectivity index (χ0n) is 9.03. The van der Waals surface area contributed by atoms with Crippen LogP contribution in [-0.4, -0.2) is 43.3 Å². The maximum Gasteiger partial charge on any atom is 0.303 e. The summed E-state index contributed by atoms with van der Waals surface area (Å²) >= 11 is 0.